The van der Waals surface area contributed by atoms with Crippen LogP contribution in [0.15, 0.2) is 0 Å². The summed E-state index contributed by atoms with van der Waals surface area (Å²) in [5.74, 6) is 2.04. The third-order valence-corrected chi connectivity index (χ3v) is 4.76. The smallest absolute Gasteiger partial charge is 0.220 e. The zero-order valence-corrected chi connectivity index (χ0v) is 14.3. The number of carbonyl (C=O) groups is 1. The molecule has 0 aliphatic carbocycles. The molecule has 0 saturated carbocycles. The van der Waals surface area contributed by atoms with E-state index in [1.807, 2.05) is 32.5 Å². The lowest BCUT2D eigenvalue weighted by atomic mass is 10.1. The van der Waals surface area contributed by atoms with E-state index in [4.69, 9.17) is 0 Å². The molecule has 0 radical (unpaired) electrons. The quantitative estimate of drug-likeness (QED) is 0.913. The number of hydrogen-bond acceptors (Lipinski definition) is 4. The molecule has 7 heteroatoms. The van der Waals surface area contributed by atoms with Crippen molar-refractivity contribution in [2.24, 2.45) is 7.05 Å². The van der Waals surface area contributed by atoms with E-state index in [1.54, 1.807) is 0 Å². The fraction of sp³-hybridized carbons (Fsp3) is 0.625. The minimum Gasteiger partial charge on any atom is -0.352 e. The predicted octanol–water partition coefficient (Wildman–Crippen LogP) is 1.00. The zero-order valence-electron chi connectivity index (χ0n) is 14.3. The Balaban J connectivity index is 1.55. The van der Waals surface area contributed by atoms with Crippen LogP contribution in [0, 0.1) is 20.8 Å². The monoisotopic (exact) mass is 316 g/mol. The third-order valence-electron chi connectivity index (χ3n) is 4.76. The van der Waals surface area contributed by atoms with Gasteiger partial charge in [0.05, 0.1) is 5.69 Å². The summed E-state index contributed by atoms with van der Waals surface area (Å²) in [6.07, 6.45) is 3.03. The van der Waals surface area contributed by atoms with E-state index in [0.29, 0.717) is 6.42 Å². The van der Waals surface area contributed by atoms with Gasteiger partial charge in [-0.2, -0.15) is 5.10 Å². The summed E-state index contributed by atoms with van der Waals surface area (Å²) < 4.78 is 3.98. The maximum absolute atomic E-state index is 12.3. The largest absolute Gasteiger partial charge is 0.352 e. The molecule has 0 spiro atoms. The average molecular weight is 316 g/mol. The average Bonchev–Trinajstić information content (AvgIpc) is 2.99. The van der Waals surface area contributed by atoms with E-state index in [2.05, 4.69) is 25.2 Å². The molecular formula is C16H24N6O. The molecule has 0 saturated heterocycles. The molecule has 3 heterocycles. The van der Waals surface area contributed by atoms with Gasteiger partial charge in [-0.05, 0) is 39.2 Å². The molecule has 124 valence electrons. The summed E-state index contributed by atoms with van der Waals surface area (Å²) in [6.45, 7) is 6.77. The number of fused-ring (bicyclic) bond motifs is 1. The number of nitrogens with one attached hydrogen (secondary N) is 1. The SMILES string of the molecule is Cc1nn(C)c(C)c1CCC(=O)N[C@H]1CCc2nnc(C)n2C1. The second-order valence-corrected chi connectivity index (χ2v) is 6.35. The van der Waals surface area contributed by atoms with Crippen LogP contribution >= 0.6 is 0 Å². The molecule has 2 aromatic rings. The fourth-order valence-corrected chi connectivity index (χ4v) is 3.30. The molecule has 3 rings (SSSR count). The Labute approximate surface area is 136 Å². The van der Waals surface area contributed by atoms with Crippen LogP contribution in [0.5, 0.6) is 0 Å². The number of carbonyl (C=O) groups excluding carboxylic acids is 1. The lowest BCUT2D eigenvalue weighted by Gasteiger charge is -2.25. The first-order valence-electron chi connectivity index (χ1n) is 8.13. The Hall–Kier alpha value is -2.18. The molecule has 1 atom stereocenters. The Morgan fingerprint density at radius 1 is 1.30 bits per heavy atom. The Kier molecular flexibility index (Phi) is 4.19. The second kappa shape index (κ2) is 6.14. The normalized spacial score (nSPS) is 17.1. The van der Waals surface area contributed by atoms with E-state index in [1.165, 1.54) is 5.56 Å². The first kappa shape index (κ1) is 15.7. The first-order valence-corrected chi connectivity index (χ1v) is 8.13. The van der Waals surface area contributed by atoms with Gasteiger partial charge in [0.2, 0.25) is 5.91 Å². The molecule has 1 aliphatic rings. The topological polar surface area (TPSA) is 77.6 Å². The van der Waals surface area contributed by atoms with Gasteiger partial charge in [-0.1, -0.05) is 0 Å². The zero-order chi connectivity index (χ0) is 16.6. The van der Waals surface area contributed by atoms with Crippen LogP contribution in [-0.2, 0) is 31.2 Å². The van der Waals surface area contributed by atoms with Crippen molar-refractivity contribution in [2.75, 3.05) is 0 Å². The summed E-state index contributed by atoms with van der Waals surface area (Å²) in [5.41, 5.74) is 3.33. The van der Waals surface area contributed by atoms with E-state index in [9.17, 15) is 4.79 Å². The van der Waals surface area contributed by atoms with Crippen molar-refractivity contribution in [2.45, 2.75) is 59.0 Å². The van der Waals surface area contributed by atoms with Crippen molar-refractivity contribution in [3.05, 3.63) is 28.6 Å². The Morgan fingerprint density at radius 2 is 2.09 bits per heavy atom. The van der Waals surface area contributed by atoms with Crippen molar-refractivity contribution >= 4 is 5.91 Å². The van der Waals surface area contributed by atoms with Gasteiger partial charge in [0.15, 0.2) is 0 Å². The molecule has 7 nitrogen and oxygen atoms in total. The lowest BCUT2D eigenvalue weighted by Crippen LogP contribution is -2.41. The summed E-state index contributed by atoms with van der Waals surface area (Å²) in [6, 6.07) is 0.167. The van der Waals surface area contributed by atoms with Crippen molar-refractivity contribution in [3.63, 3.8) is 0 Å². The molecule has 23 heavy (non-hydrogen) atoms. The van der Waals surface area contributed by atoms with Crippen LogP contribution in [-0.4, -0.2) is 36.5 Å². The number of aryl methyl sites for hydroxylation is 4. The number of aromatic nitrogens is 5. The van der Waals surface area contributed by atoms with Crippen LogP contribution in [0.4, 0.5) is 0 Å². The standard InChI is InChI=1S/C16H24N6O/c1-10-14(11(2)21(4)20-10)6-8-16(23)17-13-5-7-15-19-18-12(3)22(15)9-13/h13H,5-9H2,1-4H3,(H,17,23)/t13-/m0/s1. The number of rotatable bonds is 4. The first-order chi connectivity index (χ1) is 11.0. The highest BCUT2D eigenvalue weighted by Gasteiger charge is 2.22. The van der Waals surface area contributed by atoms with E-state index >= 15 is 0 Å². The van der Waals surface area contributed by atoms with Gasteiger partial charge in [-0.15, -0.1) is 10.2 Å². The molecule has 0 fully saturated rings. The summed E-state index contributed by atoms with van der Waals surface area (Å²) in [7, 11) is 1.94. The van der Waals surface area contributed by atoms with Gasteiger partial charge in [-0.25, -0.2) is 0 Å². The third kappa shape index (κ3) is 3.13. The maximum Gasteiger partial charge on any atom is 0.220 e. The minimum absolute atomic E-state index is 0.104. The number of amides is 1. The number of nitrogens with zero attached hydrogens (tertiary/aromatic N) is 5. The highest BCUT2D eigenvalue weighted by molar-refractivity contribution is 5.76. The Morgan fingerprint density at radius 3 is 2.78 bits per heavy atom. The molecule has 1 N–H and O–H groups in total. The van der Waals surface area contributed by atoms with Gasteiger partial charge < -0.3 is 9.88 Å². The van der Waals surface area contributed by atoms with Crippen molar-refractivity contribution < 1.29 is 4.79 Å². The van der Waals surface area contributed by atoms with Crippen LogP contribution < -0.4 is 5.32 Å². The van der Waals surface area contributed by atoms with Gasteiger partial charge in [-0.3, -0.25) is 9.48 Å². The predicted molar refractivity (Wildman–Crippen MR) is 86.0 cm³/mol. The van der Waals surface area contributed by atoms with Gasteiger partial charge in [0.25, 0.3) is 0 Å². The van der Waals surface area contributed by atoms with Gasteiger partial charge in [0, 0.05) is 38.2 Å². The van der Waals surface area contributed by atoms with Crippen LogP contribution in [0.1, 0.15) is 41.4 Å². The molecular weight excluding hydrogens is 292 g/mol. The van der Waals surface area contributed by atoms with E-state index < -0.39 is 0 Å². The second-order valence-electron chi connectivity index (χ2n) is 6.35. The molecule has 0 bridgehead atoms. The van der Waals surface area contributed by atoms with Crippen LogP contribution in [0.2, 0.25) is 0 Å². The molecule has 0 aromatic carbocycles. The Bertz CT molecular complexity index is 729. The van der Waals surface area contributed by atoms with Crippen molar-refractivity contribution in [1.82, 2.24) is 29.9 Å². The summed E-state index contributed by atoms with van der Waals surface area (Å²) in [5, 5.41) is 15.8. The van der Waals surface area contributed by atoms with Crippen LogP contribution in [0.3, 0.4) is 0 Å². The van der Waals surface area contributed by atoms with Gasteiger partial charge >= 0.3 is 0 Å². The fourth-order valence-electron chi connectivity index (χ4n) is 3.30. The van der Waals surface area contributed by atoms with Gasteiger partial charge in [0.1, 0.15) is 11.6 Å². The van der Waals surface area contributed by atoms with Crippen molar-refractivity contribution in [3.8, 4) is 0 Å². The molecule has 1 aliphatic heterocycles. The summed E-state index contributed by atoms with van der Waals surface area (Å²) >= 11 is 0. The van der Waals surface area contributed by atoms with E-state index in [0.717, 1.165) is 48.8 Å². The number of hydrogen-bond donors (Lipinski definition) is 1. The summed E-state index contributed by atoms with van der Waals surface area (Å²) in [4.78, 5) is 12.3. The molecule has 1 amide bonds. The lowest BCUT2D eigenvalue weighted by molar-refractivity contribution is -0.122. The van der Waals surface area contributed by atoms with Crippen molar-refractivity contribution in [1.29, 1.82) is 0 Å². The van der Waals surface area contributed by atoms with Crippen LogP contribution in [0.25, 0.3) is 0 Å². The molecule has 0 unspecified atom stereocenters. The highest BCUT2D eigenvalue weighted by Crippen LogP contribution is 2.16. The minimum atomic E-state index is 0.104. The highest BCUT2D eigenvalue weighted by atomic mass is 16.1. The molecule has 2 aromatic heterocycles. The van der Waals surface area contributed by atoms with E-state index in [-0.39, 0.29) is 11.9 Å². The maximum atomic E-state index is 12.3.